The van der Waals surface area contributed by atoms with E-state index in [0.29, 0.717) is 0 Å². The van der Waals surface area contributed by atoms with Crippen molar-refractivity contribution in [1.29, 1.82) is 0 Å². The molecule has 0 bridgehead atoms. The smallest absolute Gasteiger partial charge is 0.377 e. The van der Waals surface area contributed by atoms with Gasteiger partial charge < -0.3 is 44.7 Å². The van der Waals surface area contributed by atoms with Crippen molar-refractivity contribution in [1.82, 2.24) is 5.32 Å². The zero-order valence-electron chi connectivity index (χ0n) is 17.6. The third kappa shape index (κ3) is 7.70. The highest BCUT2D eigenvalue weighted by Gasteiger charge is 2.58. The second-order valence-corrected chi connectivity index (χ2v) is 7.26. The van der Waals surface area contributed by atoms with Gasteiger partial charge in [0.1, 0.15) is 24.4 Å². The second-order valence-electron chi connectivity index (χ2n) is 7.26. The molecule has 1 heterocycles. The molecule has 1 rings (SSSR count). The van der Waals surface area contributed by atoms with Crippen LogP contribution in [0.15, 0.2) is 0 Å². The van der Waals surface area contributed by atoms with Crippen LogP contribution in [0.1, 0.15) is 34.1 Å². The minimum atomic E-state index is -2.66. The number of ether oxygens (including phenoxy) is 4. The van der Waals surface area contributed by atoms with E-state index in [-0.39, 0.29) is 6.61 Å². The molecule has 0 saturated carbocycles. The maximum Gasteiger partial charge on any atom is 0.377 e. The molecule has 0 radical (unpaired) electrons. The van der Waals surface area contributed by atoms with Crippen LogP contribution in [-0.4, -0.2) is 99.8 Å². The van der Waals surface area contributed by atoms with E-state index in [2.05, 4.69) is 5.32 Å². The van der Waals surface area contributed by atoms with Crippen LogP contribution in [-0.2, 0) is 38.1 Å². The molecule has 0 spiro atoms. The van der Waals surface area contributed by atoms with Gasteiger partial charge in [-0.15, -0.1) is 0 Å². The summed E-state index contributed by atoms with van der Waals surface area (Å²) in [7, 11) is 0. The molecule has 31 heavy (non-hydrogen) atoms. The molecule has 178 valence electrons. The number of aliphatic hydroxyl groups is 3. The van der Waals surface area contributed by atoms with Gasteiger partial charge >= 0.3 is 23.7 Å². The van der Waals surface area contributed by atoms with Crippen LogP contribution in [0.25, 0.3) is 0 Å². The fourth-order valence-corrected chi connectivity index (χ4v) is 3.12. The average molecular weight is 451 g/mol. The summed E-state index contributed by atoms with van der Waals surface area (Å²) in [5.41, 5.74) is 0. The van der Waals surface area contributed by atoms with Gasteiger partial charge in [0, 0.05) is 20.8 Å². The number of rotatable bonds is 10. The van der Waals surface area contributed by atoms with Gasteiger partial charge in [-0.1, -0.05) is 0 Å². The number of aliphatic hydroxyl groups excluding tert-OH is 3. The molecule has 1 aliphatic heterocycles. The molecule has 1 amide bonds. The molecule has 0 aromatic rings. The Labute approximate surface area is 178 Å². The van der Waals surface area contributed by atoms with Crippen molar-refractivity contribution in [3.8, 4) is 0 Å². The lowest BCUT2D eigenvalue weighted by Crippen LogP contribution is -2.68. The summed E-state index contributed by atoms with van der Waals surface area (Å²) in [6, 6.07) is -1.30. The topological polar surface area (TPSA) is 198 Å². The van der Waals surface area contributed by atoms with Crippen LogP contribution < -0.4 is 5.32 Å². The summed E-state index contributed by atoms with van der Waals surface area (Å²) in [5.74, 6) is -6.90. The first kappa shape index (κ1) is 26.7. The van der Waals surface area contributed by atoms with E-state index in [1.54, 1.807) is 0 Å². The molecule has 13 nitrogen and oxygen atoms in total. The molecule has 1 aliphatic rings. The molecular formula is C18H29NO12. The largest absolute Gasteiger partial charge is 0.476 e. The Morgan fingerprint density at radius 1 is 1.10 bits per heavy atom. The molecule has 1 fully saturated rings. The van der Waals surface area contributed by atoms with E-state index >= 15 is 0 Å². The van der Waals surface area contributed by atoms with Crippen LogP contribution in [0.5, 0.6) is 0 Å². The van der Waals surface area contributed by atoms with Crippen molar-refractivity contribution in [2.24, 2.45) is 0 Å². The maximum atomic E-state index is 11.9. The summed E-state index contributed by atoms with van der Waals surface area (Å²) in [5, 5.41) is 42.2. The predicted molar refractivity (Wildman–Crippen MR) is 99.3 cm³/mol. The number of carboxylic acids is 1. The molecule has 5 N–H and O–H groups in total. The van der Waals surface area contributed by atoms with E-state index in [9.17, 15) is 39.6 Å². The van der Waals surface area contributed by atoms with Crippen molar-refractivity contribution in [3.05, 3.63) is 0 Å². The van der Waals surface area contributed by atoms with Gasteiger partial charge in [-0.2, -0.15) is 0 Å². The van der Waals surface area contributed by atoms with E-state index in [1.165, 1.54) is 6.92 Å². The van der Waals surface area contributed by atoms with Gasteiger partial charge in [0.05, 0.1) is 31.8 Å². The molecule has 0 aromatic heterocycles. The molecule has 4 unspecified atom stereocenters. The number of amides is 1. The highest BCUT2D eigenvalue weighted by molar-refractivity contribution is 5.80. The monoisotopic (exact) mass is 451 g/mol. The van der Waals surface area contributed by atoms with Crippen molar-refractivity contribution < 1.29 is 58.6 Å². The summed E-state index contributed by atoms with van der Waals surface area (Å²) in [6.45, 7) is 3.89. The zero-order chi connectivity index (χ0) is 23.9. The summed E-state index contributed by atoms with van der Waals surface area (Å²) in [4.78, 5) is 46.7. The van der Waals surface area contributed by atoms with Crippen LogP contribution in [0, 0.1) is 0 Å². The molecule has 0 aromatic carbocycles. The summed E-state index contributed by atoms with van der Waals surface area (Å²) >= 11 is 0. The van der Waals surface area contributed by atoms with Gasteiger partial charge in [0.2, 0.25) is 5.91 Å². The first-order chi connectivity index (χ1) is 14.3. The van der Waals surface area contributed by atoms with Gasteiger partial charge in [-0.25, -0.2) is 4.79 Å². The lowest BCUT2D eigenvalue weighted by atomic mass is 9.88. The molecular weight excluding hydrogens is 422 g/mol. The Balaban J connectivity index is 3.32. The number of carbonyl (C=O) groups excluding carboxylic acids is 3. The maximum absolute atomic E-state index is 11.9. The van der Waals surface area contributed by atoms with Crippen LogP contribution >= 0.6 is 0 Å². The van der Waals surface area contributed by atoms with Gasteiger partial charge in [0.25, 0.3) is 0 Å². The number of carboxylic acid groups (broad SMARTS) is 1. The van der Waals surface area contributed by atoms with Crippen LogP contribution in [0.3, 0.4) is 0 Å². The number of nitrogens with one attached hydrogen (secondary N) is 1. The number of hydrogen-bond acceptors (Lipinski definition) is 11. The third-order valence-electron chi connectivity index (χ3n) is 4.25. The number of aliphatic carboxylic acids is 1. The zero-order valence-corrected chi connectivity index (χ0v) is 17.6. The predicted octanol–water partition coefficient (Wildman–Crippen LogP) is -2.33. The lowest BCUT2D eigenvalue weighted by molar-refractivity contribution is -0.301. The Hall–Kier alpha value is -2.32. The quantitative estimate of drug-likeness (QED) is 0.222. The van der Waals surface area contributed by atoms with E-state index in [1.807, 2.05) is 0 Å². The first-order valence-corrected chi connectivity index (χ1v) is 9.46. The second kappa shape index (κ2) is 11.3. The normalized spacial score (nSPS) is 28.7. The highest BCUT2D eigenvalue weighted by atomic mass is 16.7. The number of esters is 2. The lowest BCUT2D eigenvalue weighted by Gasteiger charge is -2.46. The SMILES string of the molecule is CC(=O)N[C@@H]1[C@@H](OC(C)=O)CC(OC(C)=O)(C(=O)O)O[C@H]1C(O)C(O)COCC(C)O. The number of hydrogen-bond donors (Lipinski definition) is 5. The Kier molecular flexibility index (Phi) is 9.77. The minimum absolute atomic E-state index is 0.160. The van der Waals surface area contributed by atoms with E-state index in [4.69, 9.17) is 18.9 Å². The molecule has 13 heteroatoms. The van der Waals surface area contributed by atoms with Crippen LogP contribution in [0.2, 0.25) is 0 Å². The Morgan fingerprint density at radius 3 is 2.16 bits per heavy atom. The Bertz CT molecular complexity index is 668. The third-order valence-corrected chi connectivity index (χ3v) is 4.25. The van der Waals surface area contributed by atoms with Crippen molar-refractivity contribution >= 4 is 23.8 Å². The first-order valence-electron chi connectivity index (χ1n) is 9.46. The van der Waals surface area contributed by atoms with Gasteiger partial charge in [0.15, 0.2) is 0 Å². The van der Waals surface area contributed by atoms with E-state index < -0.39 is 79.2 Å². The van der Waals surface area contributed by atoms with Crippen molar-refractivity contribution in [2.45, 2.75) is 76.5 Å². The minimum Gasteiger partial charge on any atom is -0.476 e. The van der Waals surface area contributed by atoms with E-state index in [0.717, 1.165) is 20.8 Å². The molecule has 0 aliphatic carbocycles. The molecule has 1 saturated heterocycles. The van der Waals surface area contributed by atoms with Gasteiger partial charge in [-0.3, -0.25) is 14.4 Å². The number of carbonyl (C=O) groups is 4. The average Bonchev–Trinajstić information content (AvgIpc) is 2.61. The van der Waals surface area contributed by atoms with Gasteiger partial charge in [-0.05, 0) is 6.92 Å². The van der Waals surface area contributed by atoms with Crippen molar-refractivity contribution in [2.75, 3.05) is 13.2 Å². The summed E-state index contributed by atoms with van der Waals surface area (Å²) in [6.07, 6.45) is -8.17. The molecule has 7 atom stereocenters. The van der Waals surface area contributed by atoms with Crippen molar-refractivity contribution in [3.63, 3.8) is 0 Å². The fraction of sp³-hybridized carbons (Fsp3) is 0.778. The standard InChI is InChI=1S/C18H29NO12/c1-8(20)6-28-7-12(24)15(25)16-14(19-9(2)21)13(29-10(3)22)5-18(31-16,17(26)27)30-11(4)23/h8,12-16,20,24-25H,5-7H2,1-4H3,(H,19,21)(H,26,27)/t8?,12?,13-,14+,15?,16+,18?/m0/s1. The highest BCUT2D eigenvalue weighted by Crippen LogP contribution is 2.35. The Morgan fingerprint density at radius 2 is 1.71 bits per heavy atom. The fourth-order valence-electron chi connectivity index (χ4n) is 3.12. The summed E-state index contributed by atoms with van der Waals surface area (Å²) < 4.78 is 20.4. The van der Waals surface area contributed by atoms with Crippen LogP contribution in [0.4, 0.5) is 0 Å².